The van der Waals surface area contributed by atoms with Gasteiger partial charge in [0.25, 0.3) is 0 Å². The number of nitrogens with one attached hydrogen (secondary N) is 2. The standard InChI is InChI=1S/C28H52N2O16/c1-16(14-41-6-4-39-8-10-43-27-21(29-17(2)33)25(37)23(35)19(12-31)45-27)15-42-7-5-40-9-11-44-28-22(30-18(3)34)26(38)24(36)20(13-32)46-28/h16,19-28,31-32,35-38H,4-15H2,1-3H3,(H,29,33)(H,30,34)/t16?,19?,20?,21-,22-,23-,24-,25?,26?,27+,28+/m0/s1. The fraction of sp³-hybridized carbons (Fsp3) is 0.929. The minimum Gasteiger partial charge on any atom is -0.394 e. The fourth-order valence-electron chi connectivity index (χ4n) is 4.73. The van der Waals surface area contributed by atoms with Crippen molar-refractivity contribution < 1.29 is 78.1 Å². The molecule has 2 amide bonds. The highest BCUT2D eigenvalue weighted by atomic mass is 16.7. The Morgan fingerprint density at radius 1 is 0.609 bits per heavy atom. The zero-order valence-corrected chi connectivity index (χ0v) is 26.6. The number of aliphatic hydroxyl groups excluding tert-OH is 6. The molecule has 4 unspecified atom stereocenters. The van der Waals surface area contributed by atoms with Crippen LogP contribution < -0.4 is 10.6 Å². The summed E-state index contributed by atoms with van der Waals surface area (Å²) in [6, 6.07) is -2.02. The SMILES string of the molecule is CC(=O)N[C@H]1C(O)[C@@H](O)C(CO)O[C@H]1OCCOCCOCC(C)COCCOCCO[C@@H]1OC(CO)[C@H](O)C(O)[C@@H]1NC(C)=O. The van der Waals surface area contributed by atoms with Gasteiger partial charge >= 0.3 is 0 Å². The third-order valence-corrected chi connectivity index (χ3v) is 7.07. The average Bonchev–Trinajstić information content (AvgIpc) is 3.01. The lowest BCUT2D eigenvalue weighted by atomic mass is 9.97. The van der Waals surface area contributed by atoms with E-state index in [0.29, 0.717) is 39.6 Å². The smallest absolute Gasteiger partial charge is 0.217 e. The third-order valence-electron chi connectivity index (χ3n) is 7.07. The zero-order valence-electron chi connectivity index (χ0n) is 26.6. The predicted molar refractivity (Wildman–Crippen MR) is 155 cm³/mol. The number of carbonyl (C=O) groups is 2. The first-order valence-corrected chi connectivity index (χ1v) is 15.3. The highest BCUT2D eigenvalue weighted by molar-refractivity contribution is 5.73. The molecule has 0 saturated carbocycles. The van der Waals surface area contributed by atoms with E-state index in [0.717, 1.165) is 0 Å². The van der Waals surface area contributed by atoms with Gasteiger partial charge in [-0.25, -0.2) is 0 Å². The van der Waals surface area contributed by atoms with E-state index in [9.17, 15) is 40.2 Å². The molecule has 2 saturated heterocycles. The van der Waals surface area contributed by atoms with Crippen molar-refractivity contribution >= 4 is 11.8 Å². The predicted octanol–water partition coefficient (Wildman–Crippen LogP) is -4.39. The van der Waals surface area contributed by atoms with Crippen LogP contribution in [0.4, 0.5) is 0 Å². The van der Waals surface area contributed by atoms with Gasteiger partial charge in [-0.1, -0.05) is 6.92 Å². The van der Waals surface area contributed by atoms with Crippen LogP contribution in [0.25, 0.3) is 0 Å². The molecule has 0 aromatic carbocycles. The zero-order chi connectivity index (χ0) is 34.1. The number of hydrogen-bond acceptors (Lipinski definition) is 16. The Morgan fingerprint density at radius 2 is 0.957 bits per heavy atom. The van der Waals surface area contributed by atoms with Crippen molar-refractivity contribution in [1.29, 1.82) is 0 Å². The molecule has 2 heterocycles. The summed E-state index contributed by atoms with van der Waals surface area (Å²) < 4.78 is 44.3. The minimum absolute atomic E-state index is 0.0730. The van der Waals surface area contributed by atoms with Crippen molar-refractivity contribution in [1.82, 2.24) is 10.6 Å². The van der Waals surface area contributed by atoms with Crippen molar-refractivity contribution in [3.05, 3.63) is 0 Å². The Labute approximate surface area is 268 Å². The molecule has 8 N–H and O–H groups in total. The molecule has 10 atom stereocenters. The van der Waals surface area contributed by atoms with Crippen LogP contribution in [0.3, 0.4) is 0 Å². The Bertz CT molecular complexity index is 792. The first-order chi connectivity index (χ1) is 22.0. The lowest BCUT2D eigenvalue weighted by Gasteiger charge is -2.42. The second-order valence-corrected chi connectivity index (χ2v) is 11.1. The molecule has 0 aromatic rings. The van der Waals surface area contributed by atoms with Crippen molar-refractivity contribution in [3.8, 4) is 0 Å². The van der Waals surface area contributed by atoms with E-state index in [1.54, 1.807) is 0 Å². The van der Waals surface area contributed by atoms with E-state index in [1.165, 1.54) is 13.8 Å². The van der Waals surface area contributed by atoms with Crippen LogP contribution >= 0.6 is 0 Å². The van der Waals surface area contributed by atoms with E-state index in [-0.39, 0.29) is 32.3 Å². The molecule has 270 valence electrons. The summed E-state index contributed by atoms with van der Waals surface area (Å²) in [5.74, 6) is -0.765. The molecular weight excluding hydrogens is 620 g/mol. The summed E-state index contributed by atoms with van der Waals surface area (Å²) in [6.45, 7) is 6.08. The van der Waals surface area contributed by atoms with Crippen LogP contribution in [-0.4, -0.2) is 183 Å². The maximum atomic E-state index is 11.5. The van der Waals surface area contributed by atoms with Crippen molar-refractivity contribution in [3.63, 3.8) is 0 Å². The Morgan fingerprint density at radius 3 is 1.30 bits per heavy atom. The lowest BCUT2D eigenvalue weighted by molar-refractivity contribution is -0.272. The second-order valence-electron chi connectivity index (χ2n) is 11.1. The van der Waals surface area contributed by atoms with Crippen LogP contribution in [-0.2, 0) is 47.5 Å². The van der Waals surface area contributed by atoms with Crippen molar-refractivity contribution in [2.24, 2.45) is 5.92 Å². The molecule has 18 nitrogen and oxygen atoms in total. The molecule has 18 heteroatoms. The lowest BCUT2D eigenvalue weighted by Crippen LogP contribution is -2.64. The molecule has 0 bridgehead atoms. The van der Waals surface area contributed by atoms with Crippen LogP contribution in [0.5, 0.6) is 0 Å². The number of carbonyl (C=O) groups excluding carboxylic acids is 2. The Kier molecular flexibility index (Phi) is 19.5. The number of amides is 2. The van der Waals surface area contributed by atoms with Gasteiger partial charge in [-0.3, -0.25) is 9.59 Å². The van der Waals surface area contributed by atoms with Gasteiger partial charge < -0.3 is 79.2 Å². The van der Waals surface area contributed by atoms with Crippen LogP contribution in [0, 0.1) is 5.92 Å². The maximum Gasteiger partial charge on any atom is 0.217 e. The maximum absolute atomic E-state index is 11.5. The molecule has 2 fully saturated rings. The first kappa shape index (κ1) is 40.6. The van der Waals surface area contributed by atoms with Gasteiger partial charge in [0.05, 0.1) is 79.3 Å². The summed E-state index contributed by atoms with van der Waals surface area (Å²) in [6.07, 6.45) is -9.79. The van der Waals surface area contributed by atoms with Crippen LogP contribution in [0.1, 0.15) is 20.8 Å². The fourth-order valence-corrected chi connectivity index (χ4v) is 4.73. The average molecular weight is 673 g/mol. The Balaban J connectivity index is 1.48. The van der Waals surface area contributed by atoms with E-state index in [2.05, 4.69) is 10.6 Å². The minimum atomic E-state index is -1.38. The summed E-state index contributed by atoms with van der Waals surface area (Å²) in [4.78, 5) is 22.9. The second kappa shape index (κ2) is 22.1. The summed E-state index contributed by atoms with van der Waals surface area (Å²) >= 11 is 0. The molecular formula is C28H52N2O16. The Hall–Kier alpha value is -1.62. The third kappa shape index (κ3) is 13.9. The largest absolute Gasteiger partial charge is 0.394 e. The number of aliphatic hydroxyl groups is 6. The van der Waals surface area contributed by atoms with Gasteiger partial charge in [0.1, 0.15) is 48.7 Å². The molecule has 2 aliphatic rings. The molecule has 2 aliphatic heterocycles. The highest BCUT2D eigenvalue weighted by Gasteiger charge is 2.46. The van der Waals surface area contributed by atoms with Crippen molar-refractivity contribution in [2.75, 3.05) is 79.3 Å². The number of ether oxygens (including phenoxy) is 8. The van der Waals surface area contributed by atoms with Gasteiger partial charge in [-0.2, -0.15) is 0 Å². The summed E-state index contributed by atoms with van der Waals surface area (Å²) in [5, 5.41) is 64.3. The summed E-state index contributed by atoms with van der Waals surface area (Å²) in [5.41, 5.74) is 0. The van der Waals surface area contributed by atoms with E-state index in [1.807, 2.05) is 6.92 Å². The molecule has 0 aliphatic carbocycles. The molecule has 0 radical (unpaired) electrons. The van der Waals surface area contributed by atoms with Gasteiger partial charge in [-0.15, -0.1) is 0 Å². The topological polar surface area (TPSA) is 253 Å². The first-order valence-electron chi connectivity index (χ1n) is 15.3. The van der Waals surface area contributed by atoms with Crippen LogP contribution in [0.2, 0.25) is 0 Å². The van der Waals surface area contributed by atoms with Gasteiger partial charge in [0.15, 0.2) is 12.6 Å². The van der Waals surface area contributed by atoms with E-state index in [4.69, 9.17) is 37.9 Å². The molecule has 0 aromatic heterocycles. The number of rotatable bonds is 22. The molecule has 2 rings (SSSR count). The normalized spacial score (nSPS) is 32.2. The van der Waals surface area contributed by atoms with Crippen molar-refractivity contribution in [2.45, 2.75) is 82.1 Å². The quantitative estimate of drug-likeness (QED) is 0.0506. The van der Waals surface area contributed by atoms with Gasteiger partial charge in [0, 0.05) is 19.8 Å². The van der Waals surface area contributed by atoms with Gasteiger partial charge in [-0.05, 0) is 0 Å². The van der Waals surface area contributed by atoms with Crippen LogP contribution in [0.15, 0.2) is 0 Å². The monoisotopic (exact) mass is 672 g/mol. The summed E-state index contributed by atoms with van der Waals surface area (Å²) in [7, 11) is 0. The van der Waals surface area contributed by atoms with E-state index >= 15 is 0 Å². The molecule has 0 spiro atoms. The highest BCUT2D eigenvalue weighted by Crippen LogP contribution is 2.23. The van der Waals surface area contributed by atoms with Gasteiger partial charge in [0.2, 0.25) is 11.8 Å². The van der Waals surface area contributed by atoms with E-state index < -0.39 is 86.3 Å². The number of hydrogen-bond donors (Lipinski definition) is 8. The molecule has 46 heavy (non-hydrogen) atoms.